The van der Waals surface area contributed by atoms with Crippen molar-refractivity contribution in [2.24, 2.45) is 7.05 Å². The summed E-state index contributed by atoms with van der Waals surface area (Å²) in [5.74, 6) is -0.563. The first kappa shape index (κ1) is 28.9. The molecule has 0 amide bonds. The van der Waals surface area contributed by atoms with Crippen molar-refractivity contribution in [2.75, 3.05) is 0 Å². The third-order valence-electron chi connectivity index (χ3n) is 7.02. The van der Waals surface area contributed by atoms with Crippen molar-refractivity contribution in [3.63, 3.8) is 0 Å². The number of benzene rings is 2. The zero-order chi connectivity index (χ0) is 30.6. The van der Waals surface area contributed by atoms with Crippen LogP contribution in [0.15, 0.2) is 54.9 Å². The number of aromatic nitrogens is 6. The summed E-state index contributed by atoms with van der Waals surface area (Å²) in [6, 6.07) is 13.1. The second-order valence-corrected chi connectivity index (χ2v) is 12.8. The van der Waals surface area contributed by atoms with Crippen LogP contribution >= 0.6 is 22.9 Å². The fourth-order valence-electron chi connectivity index (χ4n) is 5.18. The van der Waals surface area contributed by atoms with E-state index in [4.69, 9.17) is 26.3 Å². The fraction of sp³-hybridized carbons (Fsp3) is 0.250. The molecule has 0 saturated heterocycles. The lowest BCUT2D eigenvalue weighted by molar-refractivity contribution is -0.160. The number of thiazole rings is 1. The van der Waals surface area contributed by atoms with E-state index in [0.29, 0.717) is 22.1 Å². The Morgan fingerprint density at radius 1 is 1.05 bits per heavy atom. The summed E-state index contributed by atoms with van der Waals surface area (Å²) >= 11 is 7.71. The van der Waals surface area contributed by atoms with E-state index in [-0.39, 0.29) is 0 Å². The molecule has 9 nitrogen and oxygen atoms in total. The number of halogens is 1. The van der Waals surface area contributed by atoms with Crippen molar-refractivity contribution in [1.29, 1.82) is 0 Å². The normalized spacial score (nSPS) is 12.7. The number of aryl methyl sites for hydroxylation is 3. The van der Waals surface area contributed by atoms with Gasteiger partial charge in [0, 0.05) is 35.0 Å². The number of rotatable bonds is 6. The second kappa shape index (κ2) is 10.8. The third kappa shape index (κ3) is 5.49. The third-order valence-corrected chi connectivity index (χ3v) is 8.41. The van der Waals surface area contributed by atoms with Crippen LogP contribution < -0.4 is 0 Å². The monoisotopic (exact) mass is 612 g/mol. The molecule has 4 aromatic heterocycles. The first-order valence-electron chi connectivity index (χ1n) is 13.6. The van der Waals surface area contributed by atoms with E-state index in [1.807, 2.05) is 72.0 Å². The molecule has 0 bridgehead atoms. The molecular weight excluding hydrogens is 584 g/mol. The molecule has 1 atom stereocenters. The summed E-state index contributed by atoms with van der Waals surface area (Å²) in [5.41, 5.74) is 6.94. The van der Waals surface area contributed by atoms with Gasteiger partial charge in [-0.05, 0) is 76.1 Å². The molecule has 4 heterocycles. The van der Waals surface area contributed by atoms with Crippen LogP contribution in [0.25, 0.3) is 54.5 Å². The summed E-state index contributed by atoms with van der Waals surface area (Å²) in [7, 11) is 1.86. The molecular formula is C32H29ClN6O3S. The smallest absolute Gasteiger partial charge is 0.337 e. The van der Waals surface area contributed by atoms with Crippen LogP contribution in [-0.2, 0) is 16.6 Å². The van der Waals surface area contributed by atoms with Crippen molar-refractivity contribution in [3.05, 3.63) is 76.7 Å². The van der Waals surface area contributed by atoms with Gasteiger partial charge in [-0.2, -0.15) is 5.10 Å². The van der Waals surface area contributed by atoms with Crippen LogP contribution in [-0.4, -0.2) is 46.4 Å². The van der Waals surface area contributed by atoms with Crippen LogP contribution in [0.5, 0.6) is 0 Å². The maximum absolute atomic E-state index is 12.6. The van der Waals surface area contributed by atoms with Crippen LogP contribution in [0.4, 0.5) is 0 Å². The highest BCUT2D eigenvalue weighted by molar-refractivity contribution is 7.22. The lowest BCUT2D eigenvalue weighted by atomic mass is 9.91. The highest BCUT2D eigenvalue weighted by Gasteiger charge is 2.32. The lowest BCUT2D eigenvalue weighted by Crippen LogP contribution is -2.28. The molecule has 0 aliphatic carbocycles. The number of pyridine rings is 1. The summed E-state index contributed by atoms with van der Waals surface area (Å²) < 4.78 is 8.74. The first-order valence-corrected chi connectivity index (χ1v) is 14.8. The Kier molecular flexibility index (Phi) is 7.24. The molecule has 0 saturated carbocycles. The molecule has 218 valence electrons. The van der Waals surface area contributed by atoms with Crippen LogP contribution in [0.2, 0.25) is 5.02 Å². The molecule has 11 heteroatoms. The zero-order valence-electron chi connectivity index (χ0n) is 24.5. The number of carbonyl (C=O) groups is 1. The summed E-state index contributed by atoms with van der Waals surface area (Å²) in [6.45, 7) is 9.36. The summed E-state index contributed by atoms with van der Waals surface area (Å²) in [4.78, 5) is 31.4. The largest absolute Gasteiger partial charge is 0.479 e. The zero-order valence-corrected chi connectivity index (χ0v) is 26.1. The number of fused-ring (bicyclic) bond motifs is 2. The van der Waals surface area contributed by atoms with Crippen molar-refractivity contribution in [1.82, 2.24) is 29.7 Å². The molecule has 0 spiro atoms. The molecule has 6 rings (SSSR count). The van der Waals surface area contributed by atoms with Crippen LogP contribution in [0.3, 0.4) is 0 Å². The Bertz CT molecular complexity index is 2030. The predicted molar refractivity (Wildman–Crippen MR) is 169 cm³/mol. The topological polar surface area (TPSA) is 116 Å². The SMILES string of the molecule is Cc1cc2nc(-c3ccnc(-c4ncc5c(n4)c(C)nn5C)c3)sc2c(-c2ccc(Cl)cc2)c1C(OC(C)(C)C)C(=O)O. The van der Waals surface area contributed by atoms with Gasteiger partial charge in [-0.3, -0.25) is 9.67 Å². The maximum atomic E-state index is 12.6. The highest BCUT2D eigenvalue weighted by atomic mass is 35.5. The van der Waals surface area contributed by atoms with Crippen molar-refractivity contribution in [3.8, 4) is 33.2 Å². The van der Waals surface area contributed by atoms with Gasteiger partial charge >= 0.3 is 5.97 Å². The Labute approximate surface area is 257 Å². The number of nitrogens with zero attached hydrogens (tertiary/aromatic N) is 6. The number of carboxylic acid groups (broad SMARTS) is 1. The Morgan fingerprint density at radius 3 is 2.49 bits per heavy atom. The van der Waals surface area contributed by atoms with Crippen molar-refractivity contribution in [2.45, 2.75) is 46.3 Å². The summed E-state index contributed by atoms with van der Waals surface area (Å²) in [6.07, 6.45) is 2.29. The molecule has 1 N–H and O–H groups in total. The standard InChI is InChI=1S/C32H29ClN6O3S/c1-16-13-21-28(25(18-7-9-20(33)10-8-18)24(16)27(31(40)41)42-32(3,4)5)43-30(36-21)19-11-12-34-22(14-19)29-35-15-23-26(37-29)17(2)38-39(23)6/h7-15,27H,1-6H3,(H,40,41). The number of aliphatic carboxylic acids is 1. The molecule has 0 radical (unpaired) electrons. The maximum Gasteiger partial charge on any atom is 0.337 e. The second-order valence-electron chi connectivity index (χ2n) is 11.4. The van der Waals surface area contributed by atoms with Gasteiger partial charge in [-0.1, -0.05) is 23.7 Å². The molecule has 43 heavy (non-hydrogen) atoms. The van der Waals surface area contributed by atoms with Gasteiger partial charge in [0.2, 0.25) is 0 Å². The Balaban J connectivity index is 1.53. The number of ether oxygens (including phenoxy) is 1. The van der Waals surface area contributed by atoms with E-state index in [1.165, 1.54) is 11.3 Å². The van der Waals surface area contributed by atoms with E-state index in [1.54, 1.807) is 29.2 Å². The molecule has 0 fully saturated rings. The minimum atomic E-state index is -1.18. The molecule has 0 aliphatic rings. The van der Waals surface area contributed by atoms with Crippen LogP contribution in [0, 0.1) is 13.8 Å². The minimum absolute atomic E-state index is 0.496. The van der Waals surface area contributed by atoms with Gasteiger partial charge in [0.05, 0.1) is 27.7 Å². The predicted octanol–water partition coefficient (Wildman–Crippen LogP) is 7.58. The Morgan fingerprint density at radius 2 is 1.79 bits per heavy atom. The van der Waals surface area contributed by atoms with Gasteiger partial charge in [0.25, 0.3) is 0 Å². The van der Waals surface area contributed by atoms with Crippen molar-refractivity contribution >= 4 is 50.2 Å². The van der Waals surface area contributed by atoms with Crippen LogP contribution in [0.1, 0.15) is 43.7 Å². The summed E-state index contributed by atoms with van der Waals surface area (Å²) in [5, 5.41) is 16.1. The first-order chi connectivity index (χ1) is 20.4. The van der Waals surface area contributed by atoms with Gasteiger partial charge < -0.3 is 9.84 Å². The molecule has 0 aliphatic heterocycles. The molecule has 6 aromatic rings. The number of carboxylic acids is 1. The van der Waals surface area contributed by atoms with Gasteiger partial charge in [0.15, 0.2) is 11.9 Å². The number of hydrogen-bond donors (Lipinski definition) is 1. The number of hydrogen-bond acceptors (Lipinski definition) is 8. The quantitative estimate of drug-likeness (QED) is 0.205. The fourth-order valence-corrected chi connectivity index (χ4v) is 6.42. The van der Waals surface area contributed by atoms with E-state index in [9.17, 15) is 9.90 Å². The van der Waals surface area contributed by atoms with Crippen molar-refractivity contribution < 1.29 is 14.6 Å². The molecule has 1 unspecified atom stereocenters. The van der Waals surface area contributed by atoms with E-state index in [0.717, 1.165) is 54.2 Å². The average Bonchev–Trinajstić information content (AvgIpc) is 3.51. The van der Waals surface area contributed by atoms with Gasteiger partial charge in [-0.15, -0.1) is 11.3 Å². The highest BCUT2D eigenvalue weighted by Crippen LogP contribution is 2.44. The average molecular weight is 613 g/mol. The van der Waals surface area contributed by atoms with E-state index < -0.39 is 17.7 Å². The van der Waals surface area contributed by atoms with E-state index in [2.05, 4.69) is 15.1 Å². The molecule has 2 aromatic carbocycles. The minimum Gasteiger partial charge on any atom is -0.479 e. The van der Waals surface area contributed by atoms with E-state index >= 15 is 0 Å². The Hall–Kier alpha value is -4.25. The lowest BCUT2D eigenvalue weighted by Gasteiger charge is -2.28. The van der Waals surface area contributed by atoms with Gasteiger partial charge in [0.1, 0.15) is 21.7 Å². The van der Waals surface area contributed by atoms with Gasteiger partial charge in [-0.25, -0.2) is 19.7 Å².